The van der Waals surface area contributed by atoms with E-state index < -0.39 is 0 Å². The first kappa shape index (κ1) is 20.6. The van der Waals surface area contributed by atoms with Gasteiger partial charge in [0.15, 0.2) is 0 Å². The lowest BCUT2D eigenvalue weighted by Crippen LogP contribution is -2.20. The zero-order valence-corrected chi connectivity index (χ0v) is 17.9. The second kappa shape index (κ2) is 8.98. The van der Waals surface area contributed by atoms with Gasteiger partial charge in [0.25, 0.3) is 5.91 Å². The number of nitrogens with zero attached hydrogens (tertiary/aromatic N) is 2. The number of rotatable bonds is 5. The fraction of sp³-hybridized carbons (Fsp3) is 0.0800. The van der Waals surface area contributed by atoms with E-state index in [0.717, 1.165) is 27.8 Å². The van der Waals surface area contributed by atoms with Crippen LogP contribution in [0.4, 0.5) is 0 Å². The van der Waals surface area contributed by atoms with Gasteiger partial charge in [0, 0.05) is 21.5 Å². The second-order valence-electron chi connectivity index (χ2n) is 6.95. The minimum Gasteiger partial charge on any atom is -0.497 e. The SMILES string of the molecule is COc1cccc(C(C)=NNC(=O)c2cc(-c3ccc(Cl)cc3)nc3ccccc23)c1. The number of para-hydroxylation sites is 1. The summed E-state index contributed by atoms with van der Waals surface area (Å²) in [4.78, 5) is 17.8. The molecule has 0 saturated carbocycles. The Morgan fingerprint density at radius 3 is 2.55 bits per heavy atom. The van der Waals surface area contributed by atoms with Crippen molar-refractivity contribution in [2.45, 2.75) is 6.92 Å². The molecule has 0 unspecified atom stereocenters. The maximum Gasteiger partial charge on any atom is 0.272 e. The van der Waals surface area contributed by atoms with Crippen molar-refractivity contribution < 1.29 is 9.53 Å². The summed E-state index contributed by atoms with van der Waals surface area (Å²) in [6.45, 7) is 1.83. The number of hydrazone groups is 1. The molecule has 0 aliphatic rings. The van der Waals surface area contributed by atoms with Crippen LogP contribution in [-0.4, -0.2) is 23.7 Å². The van der Waals surface area contributed by atoms with Crippen molar-refractivity contribution in [1.29, 1.82) is 0 Å². The van der Waals surface area contributed by atoms with Crippen LogP contribution in [0, 0.1) is 0 Å². The number of methoxy groups -OCH3 is 1. The van der Waals surface area contributed by atoms with Crippen molar-refractivity contribution in [3.63, 3.8) is 0 Å². The molecule has 0 atom stereocenters. The van der Waals surface area contributed by atoms with Crippen molar-refractivity contribution >= 4 is 34.1 Å². The molecule has 31 heavy (non-hydrogen) atoms. The van der Waals surface area contributed by atoms with Gasteiger partial charge in [-0.1, -0.05) is 54.1 Å². The fourth-order valence-electron chi connectivity index (χ4n) is 3.24. The van der Waals surface area contributed by atoms with Gasteiger partial charge in [-0.2, -0.15) is 5.10 Å². The lowest BCUT2D eigenvalue weighted by atomic mass is 10.0. The number of aromatic nitrogens is 1. The number of nitrogens with one attached hydrogen (secondary N) is 1. The van der Waals surface area contributed by atoms with Crippen molar-refractivity contribution in [1.82, 2.24) is 10.4 Å². The Hall–Kier alpha value is -3.70. The monoisotopic (exact) mass is 429 g/mol. The third kappa shape index (κ3) is 4.57. The lowest BCUT2D eigenvalue weighted by molar-refractivity contribution is 0.0956. The molecule has 1 N–H and O–H groups in total. The number of hydrogen-bond donors (Lipinski definition) is 1. The third-order valence-corrected chi connectivity index (χ3v) is 5.17. The number of fused-ring (bicyclic) bond motifs is 1. The molecular formula is C25H20ClN3O2. The van der Waals surface area contributed by atoms with Crippen LogP contribution in [0.1, 0.15) is 22.8 Å². The molecule has 4 aromatic rings. The Morgan fingerprint density at radius 1 is 1.00 bits per heavy atom. The first-order valence-corrected chi connectivity index (χ1v) is 10.1. The molecule has 4 rings (SSSR count). The van der Waals surface area contributed by atoms with Gasteiger partial charge in [0.05, 0.1) is 29.6 Å². The molecule has 0 radical (unpaired) electrons. The van der Waals surface area contributed by atoms with E-state index >= 15 is 0 Å². The summed E-state index contributed by atoms with van der Waals surface area (Å²) in [5.41, 5.74) is 7.00. The minimum atomic E-state index is -0.309. The topological polar surface area (TPSA) is 63.6 Å². The minimum absolute atomic E-state index is 0.309. The highest BCUT2D eigenvalue weighted by Gasteiger charge is 2.14. The van der Waals surface area contributed by atoms with Gasteiger partial charge in [0.2, 0.25) is 0 Å². The smallest absolute Gasteiger partial charge is 0.272 e. The summed E-state index contributed by atoms with van der Waals surface area (Å²) < 4.78 is 5.25. The molecule has 0 bridgehead atoms. The summed E-state index contributed by atoms with van der Waals surface area (Å²) in [5, 5.41) is 5.69. The summed E-state index contributed by atoms with van der Waals surface area (Å²) in [7, 11) is 1.61. The standard InChI is InChI=1S/C25H20ClN3O2/c1-16(18-6-5-7-20(14-18)31-2)28-29-25(30)22-15-24(17-10-12-19(26)13-11-17)27-23-9-4-3-8-21(22)23/h3-15H,1-2H3,(H,29,30). The highest BCUT2D eigenvalue weighted by molar-refractivity contribution is 6.30. The Balaban J connectivity index is 1.69. The van der Waals surface area contributed by atoms with Gasteiger partial charge in [-0.05, 0) is 43.3 Å². The van der Waals surface area contributed by atoms with Crippen molar-refractivity contribution in [2.24, 2.45) is 5.10 Å². The van der Waals surface area contributed by atoms with Crippen LogP contribution in [-0.2, 0) is 0 Å². The molecule has 5 nitrogen and oxygen atoms in total. The molecule has 154 valence electrons. The maximum atomic E-state index is 13.1. The molecule has 0 saturated heterocycles. The Kier molecular flexibility index (Phi) is 5.96. The lowest BCUT2D eigenvalue weighted by Gasteiger charge is -2.10. The summed E-state index contributed by atoms with van der Waals surface area (Å²) in [6.07, 6.45) is 0. The molecular weight excluding hydrogens is 410 g/mol. The summed E-state index contributed by atoms with van der Waals surface area (Å²) in [5.74, 6) is 0.419. The first-order chi connectivity index (χ1) is 15.0. The molecule has 0 aliphatic heterocycles. The van der Waals surface area contributed by atoms with Gasteiger partial charge >= 0.3 is 0 Å². The fourth-order valence-corrected chi connectivity index (χ4v) is 3.37. The number of carbonyl (C=O) groups excluding carboxylic acids is 1. The van der Waals surface area contributed by atoms with Gasteiger partial charge in [-0.25, -0.2) is 10.4 Å². The van der Waals surface area contributed by atoms with Crippen LogP contribution in [0.25, 0.3) is 22.2 Å². The van der Waals surface area contributed by atoms with Gasteiger partial charge in [-0.15, -0.1) is 0 Å². The van der Waals surface area contributed by atoms with Gasteiger partial charge in [0.1, 0.15) is 5.75 Å². The average molecular weight is 430 g/mol. The van der Waals surface area contributed by atoms with Crippen molar-refractivity contribution in [3.05, 3.63) is 95.0 Å². The van der Waals surface area contributed by atoms with E-state index in [9.17, 15) is 4.79 Å². The number of pyridine rings is 1. The number of hydrogen-bond acceptors (Lipinski definition) is 4. The zero-order chi connectivity index (χ0) is 21.8. The number of amides is 1. The molecule has 1 amide bonds. The molecule has 0 aliphatic carbocycles. The Bertz CT molecular complexity index is 1280. The van der Waals surface area contributed by atoms with E-state index in [-0.39, 0.29) is 5.91 Å². The largest absolute Gasteiger partial charge is 0.497 e. The molecule has 3 aromatic carbocycles. The van der Waals surface area contributed by atoms with Crippen LogP contribution in [0.3, 0.4) is 0 Å². The third-order valence-electron chi connectivity index (χ3n) is 4.91. The van der Waals surface area contributed by atoms with Crippen LogP contribution >= 0.6 is 11.6 Å². The quantitative estimate of drug-likeness (QED) is 0.326. The maximum absolute atomic E-state index is 13.1. The van der Waals surface area contributed by atoms with E-state index in [1.54, 1.807) is 25.3 Å². The van der Waals surface area contributed by atoms with Crippen molar-refractivity contribution in [3.8, 4) is 17.0 Å². The van der Waals surface area contributed by atoms with Crippen LogP contribution in [0.2, 0.25) is 5.02 Å². The summed E-state index contributed by atoms with van der Waals surface area (Å²) in [6, 6.07) is 24.2. The van der Waals surface area contributed by atoms with E-state index in [0.29, 0.717) is 22.0 Å². The average Bonchev–Trinajstić information content (AvgIpc) is 2.82. The highest BCUT2D eigenvalue weighted by atomic mass is 35.5. The Labute approximate surface area is 185 Å². The second-order valence-corrected chi connectivity index (χ2v) is 7.39. The normalized spacial score (nSPS) is 11.4. The van der Waals surface area contributed by atoms with E-state index in [1.807, 2.05) is 67.6 Å². The molecule has 1 heterocycles. The van der Waals surface area contributed by atoms with Gasteiger partial charge in [-0.3, -0.25) is 4.79 Å². The molecule has 0 fully saturated rings. The Morgan fingerprint density at radius 2 is 1.77 bits per heavy atom. The highest BCUT2D eigenvalue weighted by Crippen LogP contribution is 2.26. The summed E-state index contributed by atoms with van der Waals surface area (Å²) >= 11 is 6.01. The number of carbonyl (C=O) groups is 1. The van der Waals surface area contributed by atoms with E-state index in [4.69, 9.17) is 21.3 Å². The number of halogens is 1. The van der Waals surface area contributed by atoms with Crippen LogP contribution < -0.4 is 10.2 Å². The molecule has 0 spiro atoms. The molecule has 1 aromatic heterocycles. The predicted molar refractivity (Wildman–Crippen MR) is 125 cm³/mol. The first-order valence-electron chi connectivity index (χ1n) is 9.70. The van der Waals surface area contributed by atoms with Crippen LogP contribution in [0.5, 0.6) is 5.75 Å². The predicted octanol–water partition coefficient (Wildman–Crippen LogP) is 5.72. The zero-order valence-electron chi connectivity index (χ0n) is 17.1. The van der Waals surface area contributed by atoms with E-state index in [2.05, 4.69) is 10.5 Å². The van der Waals surface area contributed by atoms with Gasteiger partial charge < -0.3 is 4.74 Å². The number of benzene rings is 3. The van der Waals surface area contributed by atoms with Crippen molar-refractivity contribution in [2.75, 3.05) is 7.11 Å². The molecule has 6 heteroatoms. The number of ether oxygens (including phenoxy) is 1. The van der Waals surface area contributed by atoms with E-state index in [1.165, 1.54) is 0 Å². The van der Waals surface area contributed by atoms with Crippen LogP contribution in [0.15, 0.2) is 84.0 Å².